The van der Waals surface area contributed by atoms with Crippen LogP contribution in [-0.4, -0.2) is 68.1 Å². The fourth-order valence-corrected chi connectivity index (χ4v) is 9.60. The van der Waals surface area contributed by atoms with Gasteiger partial charge in [0.1, 0.15) is 36.0 Å². The van der Waals surface area contributed by atoms with E-state index in [1.807, 2.05) is 114 Å². The summed E-state index contributed by atoms with van der Waals surface area (Å²) in [7, 11) is 2.31. The molecule has 0 spiro atoms. The van der Waals surface area contributed by atoms with Crippen molar-refractivity contribution in [1.29, 1.82) is 0 Å². The number of benzene rings is 3. The van der Waals surface area contributed by atoms with Crippen LogP contribution >= 0.6 is 0 Å². The predicted molar refractivity (Wildman–Crippen MR) is 208 cm³/mol. The van der Waals surface area contributed by atoms with E-state index in [4.69, 9.17) is 23.2 Å². The van der Waals surface area contributed by atoms with Crippen LogP contribution in [0.5, 0.6) is 17.4 Å². The first-order valence-corrected chi connectivity index (χ1v) is 21.5. The number of ether oxygens (including phenoxy) is 3. The van der Waals surface area contributed by atoms with Crippen molar-refractivity contribution in [2.75, 3.05) is 21.2 Å². The Morgan fingerprint density at radius 3 is 2.15 bits per heavy atom. The Bertz CT molecular complexity index is 2170. The fraction of sp³-hybridized carbons (Fsp3) is 0.395. The number of hydrogen-bond donors (Lipinski definition) is 1. The molecule has 4 atom stereocenters. The van der Waals surface area contributed by atoms with E-state index >= 15 is 9.59 Å². The molecule has 0 amide bonds. The summed E-state index contributed by atoms with van der Waals surface area (Å²) in [6, 6.07) is 19.9. The summed E-state index contributed by atoms with van der Waals surface area (Å²) in [5.74, 6) is -2.04. The van der Waals surface area contributed by atoms with Crippen LogP contribution in [0, 0.1) is 11.8 Å². The van der Waals surface area contributed by atoms with E-state index in [2.05, 4.69) is 5.16 Å². The first-order valence-electron chi connectivity index (χ1n) is 18.6. The summed E-state index contributed by atoms with van der Waals surface area (Å²) in [6.07, 6.45) is 1.21. The molecule has 0 aliphatic heterocycles. The van der Waals surface area contributed by atoms with Crippen molar-refractivity contribution >= 4 is 31.9 Å². The Labute approximate surface area is 322 Å². The van der Waals surface area contributed by atoms with Gasteiger partial charge in [0.05, 0.1) is 24.3 Å². The zero-order valence-corrected chi connectivity index (χ0v) is 33.6. The van der Waals surface area contributed by atoms with Crippen LogP contribution in [0.2, 0.25) is 18.1 Å². The maximum atomic E-state index is 15.7. The van der Waals surface area contributed by atoms with Crippen LogP contribution in [0.4, 0.5) is 0 Å². The molecule has 3 aliphatic carbocycles. The zero-order valence-electron chi connectivity index (χ0n) is 32.6. The minimum Gasteiger partial charge on any atom is -0.507 e. The minimum atomic E-state index is -2.94. The Morgan fingerprint density at radius 2 is 1.58 bits per heavy atom. The maximum absolute atomic E-state index is 15.7. The quantitative estimate of drug-likeness (QED) is 0.0905. The van der Waals surface area contributed by atoms with Gasteiger partial charge in [0.15, 0.2) is 26.0 Å². The first-order chi connectivity index (χ1) is 26.1. The molecule has 7 rings (SSSR count). The highest BCUT2D eigenvalue weighted by Crippen LogP contribution is 2.59. The van der Waals surface area contributed by atoms with Gasteiger partial charge in [-0.2, -0.15) is 0 Å². The van der Waals surface area contributed by atoms with Gasteiger partial charge in [-0.25, -0.2) is 0 Å². The second kappa shape index (κ2) is 14.2. The Kier molecular flexibility index (Phi) is 9.89. The lowest BCUT2D eigenvalue weighted by Crippen LogP contribution is -2.68. The van der Waals surface area contributed by atoms with Crippen molar-refractivity contribution in [2.24, 2.45) is 11.8 Å². The molecule has 3 aromatic carbocycles. The molecule has 12 heteroatoms. The third-order valence-electron chi connectivity index (χ3n) is 11.8. The fourth-order valence-electron chi connectivity index (χ4n) is 8.15. The van der Waals surface area contributed by atoms with Gasteiger partial charge in [-0.1, -0.05) is 81.4 Å². The third kappa shape index (κ3) is 6.29. The van der Waals surface area contributed by atoms with Crippen LogP contribution in [0.3, 0.4) is 0 Å². The van der Waals surface area contributed by atoms with E-state index in [9.17, 15) is 9.90 Å². The van der Waals surface area contributed by atoms with E-state index in [0.29, 0.717) is 23.4 Å². The lowest BCUT2D eigenvalue weighted by Gasteiger charge is -2.55. The highest BCUT2D eigenvalue weighted by molar-refractivity contribution is 6.74. The summed E-state index contributed by atoms with van der Waals surface area (Å²) in [5.41, 5.74) is 0.729. The predicted octanol–water partition coefficient (Wildman–Crippen LogP) is 7.94. The number of rotatable bonds is 11. The number of carbonyl (C=O) groups excluding carboxylic acids is 3. The number of nitrogens with zero attached hydrogens (tertiary/aromatic N) is 2. The number of ketones is 2. The van der Waals surface area contributed by atoms with Crippen LogP contribution in [-0.2, 0) is 28.9 Å². The van der Waals surface area contributed by atoms with Gasteiger partial charge in [0, 0.05) is 17.1 Å². The first kappa shape index (κ1) is 38.2. The van der Waals surface area contributed by atoms with Gasteiger partial charge in [-0.3, -0.25) is 19.3 Å². The minimum absolute atomic E-state index is 0.0218. The molecular formula is C43H48N2O9Si. The number of fused-ring (bicyclic) bond motifs is 4. The average Bonchev–Trinajstić information content (AvgIpc) is 3.57. The molecule has 4 aromatic rings. The highest BCUT2D eigenvalue weighted by Gasteiger charge is 2.69. The lowest BCUT2D eigenvalue weighted by molar-refractivity contribution is -0.140. The monoisotopic (exact) mass is 764 g/mol. The second-order valence-corrected chi connectivity index (χ2v) is 21.1. The molecule has 0 saturated heterocycles. The number of aromatic nitrogens is 1. The van der Waals surface area contributed by atoms with E-state index < -0.39 is 48.4 Å². The topological polar surface area (TPSA) is 138 Å². The van der Waals surface area contributed by atoms with Crippen LogP contribution in [0.1, 0.15) is 82.0 Å². The van der Waals surface area contributed by atoms with Crippen molar-refractivity contribution in [3.05, 3.63) is 111 Å². The normalized spacial score (nSPS) is 22.1. The van der Waals surface area contributed by atoms with Crippen molar-refractivity contribution in [2.45, 2.75) is 76.6 Å². The summed E-state index contributed by atoms with van der Waals surface area (Å²) in [6.45, 7) is 10.4. The highest BCUT2D eigenvalue weighted by atomic mass is 28.4. The Hall–Kier alpha value is -5.04. The van der Waals surface area contributed by atoms with Crippen LogP contribution < -0.4 is 14.2 Å². The smallest absolute Gasteiger partial charge is 0.265 e. The number of carbonyl (C=O) groups is 3. The van der Waals surface area contributed by atoms with Gasteiger partial charge in [0.25, 0.3) is 5.88 Å². The molecule has 1 fully saturated rings. The van der Waals surface area contributed by atoms with Gasteiger partial charge in [-0.05, 0) is 73.3 Å². The number of Topliss-reactive ketones (excluding diaryl/α,β-unsaturated/α-hetero) is 2. The van der Waals surface area contributed by atoms with Gasteiger partial charge < -0.3 is 28.3 Å². The molecule has 0 unspecified atom stereocenters. The van der Waals surface area contributed by atoms with Crippen LogP contribution in [0.15, 0.2) is 76.8 Å². The standard InChI is InChI=1S/C43H48N2O9Si/c1-42(2,3)55(7,8)54-43-30(35(45(4)5)38-34(40(43)49)41(44-53-38)52-24-26-17-13-10-14-18-26)20-27-19-29-31(50-6)21-28(22-46)37(33(29)36(47)32(27)39(43)48)51-23-25-15-11-9-12-16-25/h9-18,21-22,27,30,35,47H,19-20,23-24H2,1-8H3/t27-,30-,35-,43-/m0/s1. The molecule has 55 heavy (non-hydrogen) atoms. The van der Waals surface area contributed by atoms with Crippen LogP contribution in [0.25, 0.3) is 5.76 Å². The molecule has 1 saturated carbocycles. The summed E-state index contributed by atoms with van der Waals surface area (Å²) >= 11 is 0. The van der Waals surface area contributed by atoms with Crippen molar-refractivity contribution in [3.63, 3.8) is 0 Å². The molecule has 1 heterocycles. The lowest BCUT2D eigenvalue weighted by atomic mass is 9.57. The van der Waals surface area contributed by atoms with Gasteiger partial charge >= 0.3 is 0 Å². The largest absolute Gasteiger partial charge is 0.507 e. The van der Waals surface area contributed by atoms with Crippen molar-refractivity contribution in [3.8, 4) is 17.4 Å². The molecule has 1 aromatic heterocycles. The molecule has 11 nitrogen and oxygen atoms in total. The van der Waals surface area contributed by atoms with E-state index in [-0.39, 0.29) is 65.7 Å². The number of aldehydes is 1. The molecule has 0 radical (unpaired) electrons. The Morgan fingerprint density at radius 1 is 0.964 bits per heavy atom. The molecule has 3 aliphatic rings. The van der Waals surface area contributed by atoms with Crippen molar-refractivity contribution in [1.82, 2.24) is 10.1 Å². The Balaban J connectivity index is 1.43. The third-order valence-corrected chi connectivity index (χ3v) is 16.3. The van der Waals surface area contributed by atoms with E-state index in [1.54, 1.807) is 6.07 Å². The summed E-state index contributed by atoms with van der Waals surface area (Å²) < 4.78 is 31.5. The van der Waals surface area contributed by atoms with Gasteiger partial charge in [-0.15, -0.1) is 0 Å². The molecular weight excluding hydrogens is 717 g/mol. The van der Waals surface area contributed by atoms with E-state index in [1.165, 1.54) is 7.11 Å². The summed E-state index contributed by atoms with van der Waals surface area (Å²) in [5, 5.41) is 16.3. The second-order valence-electron chi connectivity index (χ2n) is 16.4. The number of aliphatic hydroxyl groups is 1. The average molecular weight is 765 g/mol. The SMILES string of the molecule is COc1cc(C=O)c(OCc2ccccc2)c2c1C[C@H]1C[C@H]3[C@H](N(C)C)c4onc(OCc5ccccc5)c4C(=O)[C@@]3(O[Si](C)(C)C(C)(C)C)C(=O)C1=C2O. The van der Waals surface area contributed by atoms with E-state index in [0.717, 1.165) is 11.1 Å². The zero-order chi connectivity index (χ0) is 39.4. The molecule has 0 bridgehead atoms. The number of hydrogen-bond acceptors (Lipinski definition) is 11. The van der Waals surface area contributed by atoms with Crippen molar-refractivity contribution < 1.29 is 42.6 Å². The summed E-state index contributed by atoms with van der Waals surface area (Å²) in [4.78, 5) is 45.7. The number of aliphatic hydroxyl groups excluding tert-OH is 1. The molecule has 288 valence electrons. The molecule has 1 N–H and O–H groups in total. The number of methoxy groups -OCH3 is 1. The maximum Gasteiger partial charge on any atom is 0.265 e. The van der Waals surface area contributed by atoms with Gasteiger partial charge in [0.2, 0.25) is 11.6 Å².